The largest absolute Gasteiger partial charge is 0.322 e. The Labute approximate surface area is 145 Å². The molecule has 3 rings (SSSR count). The second-order valence-electron chi connectivity index (χ2n) is 5.29. The molecule has 1 heterocycles. The van der Waals surface area contributed by atoms with Crippen molar-refractivity contribution in [2.75, 3.05) is 0 Å². The third-order valence-corrected chi connectivity index (χ3v) is 3.99. The summed E-state index contributed by atoms with van der Waals surface area (Å²) in [7, 11) is 0. The minimum atomic E-state index is -0.236. The average molecular weight is 344 g/mol. The molecule has 0 aliphatic carbocycles. The Bertz CT molecular complexity index is 813. The van der Waals surface area contributed by atoms with Gasteiger partial charge in [-0.2, -0.15) is 0 Å². The maximum atomic E-state index is 5.99. The van der Waals surface area contributed by atoms with Gasteiger partial charge in [0.25, 0.3) is 0 Å². The quantitative estimate of drug-likeness (QED) is 0.716. The fourth-order valence-corrected chi connectivity index (χ4v) is 2.54. The zero-order valence-electron chi connectivity index (χ0n) is 12.5. The molecule has 0 aliphatic rings. The summed E-state index contributed by atoms with van der Waals surface area (Å²) in [5.41, 5.74) is 9.64. The minimum Gasteiger partial charge on any atom is -0.322 e. The van der Waals surface area contributed by atoms with Crippen LogP contribution in [0.25, 0.3) is 22.4 Å². The first-order valence-electron chi connectivity index (χ1n) is 7.19. The van der Waals surface area contributed by atoms with Crippen LogP contribution < -0.4 is 5.73 Å². The van der Waals surface area contributed by atoms with Gasteiger partial charge in [-0.3, -0.25) is 0 Å². The third-order valence-electron chi connectivity index (χ3n) is 3.49. The first-order valence-corrected chi connectivity index (χ1v) is 7.94. The number of benzene rings is 2. The van der Waals surface area contributed by atoms with Crippen molar-refractivity contribution in [3.8, 4) is 22.4 Å². The molecule has 1 aromatic heterocycles. The van der Waals surface area contributed by atoms with Gasteiger partial charge in [0, 0.05) is 27.4 Å². The van der Waals surface area contributed by atoms with Crippen molar-refractivity contribution in [1.29, 1.82) is 0 Å². The first kappa shape index (κ1) is 15.9. The van der Waals surface area contributed by atoms with Crippen LogP contribution in [0.5, 0.6) is 0 Å². The fourth-order valence-electron chi connectivity index (χ4n) is 2.28. The second kappa shape index (κ2) is 6.67. The van der Waals surface area contributed by atoms with Gasteiger partial charge in [0.1, 0.15) is 5.82 Å². The predicted octanol–water partition coefficient (Wildman–Crippen LogP) is 5.14. The summed E-state index contributed by atoms with van der Waals surface area (Å²) >= 11 is 12.0. The molecule has 0 fully saturated rings. The molecule has 0 aliphatic heterocycles. The van der Waals surface area contributed by atoms with Crippen molar-refractivity contribution in [3.05, 3.63) is 70.6 Å². The summed E-state index contributed by atoms with van der Waals surface area (Å²) in [5, 5.41) is 1.37. The molecule has 23 heavy (non-hydrogen) atoms. The Morgan fingerprint density at radius 1 is 0.870 bits per heavy atom. The van der Waals surface area contributed by atoms with Gasteiger partial charge in [0.2, 0.25) is 0 Å². The van der Waals surface area contributed by atoms with Gasteiger partial charge >= 0.3 is 0 Å². The third kappa shape index (κ3) is 3.53. The maximum absolute atomic E-state index is 5.99. The van der Waals surface area contributed by atoms with Crippen LogP contribution in [0.3, 0.4) is 0 Å². The Morgan fingerprint density at radius 3 is 1.91 bits per heavy atom. The number of nitrogens with zero attached hydrogens (tertiary/aromatic N) is 2. The van der Waals surface area contributed by atoms with E-state index in [0.29, 0.717) is 15.9 Å². The molecule has 0 spiro atoms. The highest BCUT2D eigenvalue weighted by Crippen LogP contribution is 2.32. The Morgan fingerprint density at radius 2 is 1.39 bits per heavy atom. The molecule has 0 bridgehead atoms. The lowest BCUT2D eigenvalue weighted by Gasteiger charge is -2.12. The van der Waals surface area contributed by atoms with Crippen molar-refractivity contribution in [1.82, 2.24) is 9.97 Å². The molecular formula is C18H15Cl2N3. The lowest BCUT2D eigenvalue weighted by atomic mass is 10.0. The van der Waals surface area contributed by atoms with Crippen LogP contribution in [-0.4, -0.2) is 9.97 Å². The van der Waals surface area contributed by atoms with E-state index in [1.54, 1.807) is 6.20 Å². The van der Waals surface area contributed by atoms with Crippen LogP contribution in [0.4, 0.5) is 0 Å². The van der Waals surface area contributed by atoms with Crippen LogP contribution >= 0.6 is 23.2 Å². The summed E-state index contributed by atoms with van der Waals surface area (Å²) in [4.78, 5) is 9.04. The normalized spacial score (nSPS) is 12.2. The molecule has 116 valence electrons. The number of hydrogen-bond donors (Lipinski definition) is 1. The number of hydrogen-bond acceptors (Lipinski definition) is 3. The molecule has 0 saturated carbocycles. The highest BCUT2D eigenvalue weighted by atomic mass is 35.5. The number of nitrogens with two attached hydrogens (primary N) is 1. The lowest BCUT2D eigenvalue weighted by molar-refractivity contribution is 0.741. The monoisotopic (exact) mass is 343 g/mol. The summed E-state index contributed by atoms with van der Waals surface area (Å²) in [5.74, 6) is 0.604. The van der Waals surface area contributed by atoms with E-state index in [1.807, 2.05) is 55.5 Å². The molecule has 3 aromatic rings. The SMILES string of the molecule is CC(N)c1ncc(-c2ccc(Cl)cc2)c(-c2ccc(Cl)cc2)n1. The summed E-state index contributed by atoms with van der Waals surface area (Å²) < 4.78 is 0. The maximum Gasteiger partial charge on any atom is 0.145 e. The molecule has 5 heteroatoms. The first-order chi connectivity index (χ1) is 11.0. The van der Waals surface area contributed by atoms with Gasteiger partial charge in [-0.05, 0) is 36.8 Å². The summed E-state index contributed by atoms with van der Waals surface area (Å²) in [6.45, 7) is 1.86. The molecule has 1 unspecified atom stereocenters. The Kier molecular flexibility index (Phi) is 4.62. The molecule has 1 atom stereocenters. The molecule has 0 radical (unpaired) electrons. The minimum absolute atomic E-state index is 0.236. The summed E-state index contributed by atoms with van der Waals surface area (Å²) in [6.07, 6.45) is 1.80. The predicted molar refractivity (Wildman–Crippen MR) is 95.5 cm³/mol. The van der Waals surface area contributed by atoms with Gasteiger partial charge < -0.3 is 5.73 Å². The van der Waals surface area contributed by atoms with Crippen molar-refractivity contribution < 1.29 is 0 Å². The average Bonchev–Trinajstić information content (AvgIpc) is 2.56. The van der Waals surface area contributed by atoms with E-state index in [0.717, 1.165) is 22.4 Å². The van der Waals surface area contributed by atoms with E-state index in [-0.39, 0.29) is 6.04 Å². The Balaban J connectivity index is 2.18. The van der Waals surface area contributed by atoms with Crippen molar-refractivity contribution in [2.24, 2.45) is 5.73 Å². The zero-order valence-corrected chi connectivity index (χ0v) is 14.0. The molecule has 0 saturated heterocycles. The standard InChI is InChI=1S/C18H15Cl2N3/c1-11(21)18-22-10-16(12-2-6-14(19)7-3-12)17(23-18)13-4-8-15(20)9-5-13/h2-11H,21H2,1H3. The van der Waals surface area contributed by atoms with Crippen LogP contribution in [0, 0.1) is 0 Å². The summed E-state index contributed by atoms with van der Waals surface area (Å²) in [6, 6.07) is 14.9. The number of halogens is 2. The van der Waals surface area contributed by atoms with E-state index in [1.165, 1.54) is 0 Å². The molecular weight excluding hydrogens is 329 g/mol. The van der Waals surface area contributed by atoms with Crippen LogP contribution in [-0.2, 0) is 0 Å². The number of rotatable bonds is 3. The van der Waals surface area contributed by atoms with Gasteiger partial charge in [-0.25, -0.2) is 9.97 Å². The molecule has 0 amide bonds. The highest BCUT2D eigenvalue weighted by molar-refractivity contribution is 6.31. The lowest BCUT2D eigenvalue weighted by Crippen LogP contribution is -2.10. The van der Waals surface area contributed by atoms with Gasteiger partial charge in [-0.1, -0.05) is 47.5 Å². The van der Waals surface area contributed by atoms with Crippen molar-refractivity contribution in [2.45, 2.75) is 13.0 Å². The van der Waals surface area contributed by atoms with Gasteiger partial charge in [-0.15, -0.1) is 0 Å². The molecule has 3 nitrogen and oxygen atoms in total. The van der Waals surface area contributed by atoms with Crippen molar-refractivity contribution in [3.63, 3.8) is 0 Å². The smallest absolute Gasteiger partial charge is 0.145 e. The van der Waals surface area contributed by atoms with Crippen molar-refractivity contribution >= 4 is 23.2 Å². The van der Waals surface area contributed by atoms with E-state index in [4.69, 9.17) is 28.9 Å². The topological polar surface area (TPSA) is 51.8 Å². The van der Waals surface area contributed by atoms with E-state index < -0.39 is 0 Å². The fraction of sp³-hybridized carbons (Fsp3) is 0.111. The van der Waals surface area contributed by atoms with E-state index in [9.17, 15) is 0 Å². The van der Waals surface area contributed by atoms with Gasteiger partial charge in [0.15, 0.2) is 0 Å². The van der Waals surface area contributed by atoms with E-state index >= 15 is 0 Å². The Hall–Kier alpha value is -1.94. The molecule has 2 N–H and O–H groups in total. The second-order valence-corrected chi connectivity index (χ2v) is 6.17. The number of aromatic nitrogens is 2. The van der Waals surface area contributed by atoms with Gasteiger partial charge in [0.05, 0.1) is 11.7 Å². The van der Waals surface area contributed by atoms with Crippen LogP contribution in [0.2, 0.25) is 10.0 Å². The molecule has 2 aromatic carbocycles. The van der Waals surface area contributed by atoms with Crippen LogP contribution in [0.1, 0.15) is 18.8 Å². The van der Waals surface area contributed by atoms with Crippen LogP contribution in [0.15, 0.2) is 54.7 Å². The highest BCUT2D eigenvalue weighted by Gasteiger charge is 2.13. The zero-order chi connectivity index (χ0) is 16.4. The van der Waals surface area contributed by atoms with E-state index in [2.05, 4.69) is 9.97 Å².